The van der Waals surface area contributed by atoms with E-state index in [0.29, 0.717) is 12.8 Å². The van der Waals surface area contributed by atoms with Gasteiger partial charge in [-0.05, 0) is 50.7 Å². The van der Waals surface area contributed by atoms with Crippen LogP contribution in [-0.4, -0.2) is 55.8 Å². The van der Waals surface area contributed by atoms with E-state index < -0.39 is 35.7 Å². The summed E-state index contributed by atoms with van der Waals surface area (Å²) in [5.74, 6) is -1.26. The molecular formula is C25H38N2O7. The summed E-state index contributed by atoms with van der Waals surface area (Å²) in [6.45, 7) is 9.06. The molecule has 0 radical (unpaired) electrons. The first-order valence-corrected chi connectivity index (χ1v) is 11.4. The number of carbonyl (C=O) groups excluding carboxylic acids is 4. The second-order valence-electron chi connectivity index (χ2n) is 9.51. The quantitative estimate of drug-likeness (QED) is 0.371. The molecule has 9 heteroatoms. The number of hydrogen-bond acceptors (Lipinski definition) is 7. The number of carbonyl (C=O) groups is 4. The Kier molecular flexibility index (Phi) is 11.5. The highest BCUT2D eigenvalue weighted by molar-refractivity contribution is 5.89. The molecule has 0 aliphatic carbocycles. The molecule has 1 rings (SSSR count). The highest BCUT2D eigenvalue weighted by atomic mass is 16.6. The van der Waals surface area contributed by atoms with E-state index in [4.69, 9.17) is 9.47 Å². The van der Waals surface area contributed by atoms with Gasteiger partial charge in [0, 0.05) is 12.8 Å². The number of ether oxygens (including phenoxy) is 3. The molecule has 2 N–H and O–H groups in total. The number of aryl methyl sites for hydroxylation is 1. The number of alkyl carbamates (subject to hydrolysis) is 1. The van der Waals surface area contributed by atoms with E-state index >= 15 is 0 Å². The lowest BCUT2D eigenvalue weighted by Gasteiger charge is -2.25. The Hall–Kier alpha value is -3.10. The second-order valence-corrected chi connectivity index (χ2v) is 9.51. The SMILES string of the molecule is COC(=O)CCc1ccc(C[C@H](NC(=O)[C@H](CC(C)C)NC(=O)OC(C)(C)C)C(=O)OC)cc1. The molecule has 34 heavy (non-hydrogen) atoms. The summed E-state index contributed by atoms with van der Waals surface area (Å²) in [7, 11) is 2.60. The van der Waals surface area contributed by atoms with E-state index in [9.17, 15) is 19.2 Å². The molecule has 0 aliphatic rings. The number of nitrogens with one attached hydrogen (secondary N) is 2. The molecule has 9 nitrogen and oxygen atoms in total. The third kappa shape index (κ3) is 11.2. The monoisotopic (exact) mass is 478 g/mol. The van der Waals surface area contributed by atoms with Gasteiger partial charge in [0.15, 0.2) is 0 Å². The van der Waals surface area contributed by atoms with Crippen LogP contribution in [-0.2, 0) is 41.4 Å². The standard InChI is InChI=1S/C25H38N2O7/c1-16(2)14-19(27-24(31)34-25(3,4)5)22(29)26-20(23(30)33-7)15-18-10-8-17(9-11-18)12-13-21(28)32-6/h8-11,16,19-20H,12-15H2,1-7H3,(H,26,29)(H,27,31)/t19-,20-/m0/s1. The molecule has 0 saturated heterocycles. The summed E-state index contributed by atoms with van der Waals surface area (Å²) < 4.78 is 14.8. The van der Waals surface area contributed by atoms with Gasteiger partial charge in [-0.2, -0.15) is 0 Å². The van der Waals surface area contributed by atoms with Gasteiger partial charge in [0.05, 0.1) is 14.2 Å². The van der Waals surface area contributed by atoms with Crippen molar-refractivity contribution in [1.29, 1.82) is 0 Å². The normalized spacial score (nSPS) is 12.9. The van der Waals surface area contributed by atoms with Crippen LogP contribution in [0.15, 0.2) is 24.3 Å². The van der Waals surface area contributed by atoms with Gasteiger partial charge >= 0.3 is 18.0 Å². The molecule has 1 aromatic rings. The minimum absolute atomic E-state index is 0.111. The van der Waals surface area contributed by atoms with Crippen LogP contribution in [0.2, 0.25) is 0 Å². The molecule has 1 aromatic carbocycles. The summed E-state index contributed by atoms with van der Waals surface area (Å²) in [4.78, 5) is 48.9. The van der Waals surface area contributed by atoms with Crippen molar-refractivity contribution in [2.24, 2.45) is 5.92 Å². The Morgan fingerprint density at radius 1 is 0.882 bits per heavy atom. The zero-order valence-corrected chi connectivity index (χ0v) is 21.2. The topological polar surface area (TPSA) is 120 Å². The molecule has 0 spiro atoms. The van der Waals surface area contributed by atoms with Crippen LogP contribution in [0.3, 0.4) is 0 Å². The molecule has 2 amide bonds. The van der Waals surface area contributed by atoms with Crippen LogP contribution in [0.5, 0.6) is 0 Å². The molecule has 0 bridgehead atoms. The van der Waals surface area contributed by atoms with Crippen LogP contribution >= 0.6 is 0 Å². The molecule has 0 saturated carbocycles. The maximum atomic E-state index is 13.0. The Labute approximate surface area is 201 Å². The zero-order chi connectivity index (χ0) is 25.9. The molecule has 0 fully saturated rings. The van der Waals surface area contributed by atoms with Gasteiger partial charge in [-0.25, -0.2) is 9.59 Å². The van der Waals surface area contributed by atoms with Crippen LogP contribution in [0.1, 0.15) is 58.6 Å². The number of amides is 2. The average Bonchev–Trinajstić information content (AvgIpc) is 2.75. The smallest absolute Gasteiger partial charge is 0.408 e. The van der Waals surface area contributed by atoms with Crippen molar-refractivity contribution in [3.8, 4) is 0 Å². The molecule has 0 aromatic heterocycles. The lowest BCUT2D eigenvalue weighted by atomic mass is 10.0. The van der Waals surface area contributed by atoms with Crippen molar-refractivity contribution >= 4 is 23.9 Å². The zero-order valence-electron chi connectivity index (χ0n) is 21.2. The maximum absolute atomic E-state index is 13.0. The lowest BCUT2D eigenvalue weighted by Crippen LogP contribution is -2.53. The predicted octanol–water partition coefficient (Wildman–Crippen LogP) is 2.93. The van der Waals surface area contributed by atoms with Gasteiger partial charge < -0.3 is 24.8 Å². The van der Waals surface area contributed by atoms with Crippen LogP contribution < -0.4 is 10.6 Å². The Morgan fingerprint density at radius 3 is 1.97 bits per heavy atom. The van der Waals surface area contributed by atoms with Crippen molar-refractivity contribution in [3.63, 3.8) is 0 Å². The highest BCUT2D eigenvalue weighted by Gasteiger charge is 2.29. The number of methoxy groups -OCH3 is 2. The fourth-order valence-electron chi connectivity index (χ4n) is 3.19. The first kappa shape index (κ1) is 28.9. The maximum Gasteiger partial charge on any atom is 0.408 e. The molecule has 190 valence electrons. The highest BCUT2D eigenvalue weighted by Crippen LogP contribution is 2.12. The first-order chi connectivity index (χ1) is 15.8. The number of hydrogen-bond donors (Lipinski definition) is 2. The van der Waals surface area contributed by atoms with Crippen molar-refractivity contribution in [2.75, 3.05) is 14.2 Å². The Bertz CT molecular complexity index is 829. The van der Waals surface area contributed by atoms with Gasteiger partial charge in [0.2, 0.25) is 5.91 Å². The molecular weight excluding hydrogens is 440 g/mol. The lowest BCUT2D eigenvalue weighted by molar-refractivity contribution is -0.145. The third-order valence-corrected chi connectivity index (χ3v) is 4.83. The third-order valence-electron chi connectivity index (χ3n) is 4.83. The van der Waals surface area contributed by atoms with Crippen molar-refractivity contribution < 1.29 is 33.4 Å². The summed E-state index contributed by atoms with van der Waals surface area (Å²) in [5, 5.41) is 5.31. The van der Waals surface area contributed by atoms with E-state index in [2.05, 4.69) is 15.4 Å². The molecule has 0 heterocycles. The van der Waals surface area contributed by atoms with E-state index in [0.717, 1.165) is 11.1 Å². The minimum atomic E-state index is -0.937. The molecule has 0 unspecified atom stereocenters. The summed E-state index contributed by atoms with van der Waals surface area (Å²) in [6, 6.07) is 5.58. The summed E-state index contributed by atoms with van der Waals surface area (Å²) in [6.07, 6.45) is 0.686. The van der Waals surface area contributed by atoms with Gasteiger partial charge in [-0.1, -0.05) is 38.1 Å². The summed E-state index contributed by atoms with van der Waals surface area (Å²) >= 11 is 0. The van der Waals surface area contributed by atoms with Crippen molar-refractivity contribution in [3.05, 3.63) is 35.4 Å². The Balaban J connectivity index is 2.89. The van der Waals surface area contributed by atoms with Crippen molar-refractivity contribution in [2.45, 2.75) is 78.0 Å². The molecule has 0 aliphatic heterocycles. The molecule has 2 atom stereocenters. The minimum Gasteiger partial charge on any atom is -0.469 e. The van der Waals surface area contributed by atoms with E-state index in [1.54, 1.807) is 20.8 Å². The predicted molar refractivity (Wildman–Crippen MR) is 127 cm³/mol. The van der Waals surface area contributed by atoms with Crippen molar-refractivity contribution in [1.82, 2.24) is 10.6 Å². The fourth-order valence-corrected chi connectivity index (χ4v) is 3.19. The van der Waals surface area contributed by atoms with Crippen LogP contribution in [0, 0.1) is 5.92 Å². The number of rotatable bonds is 11. The van der Waals surface area contributed by atoms with E-state index in [1.165, 1.54) is 14.2 Å². The van der Waals surface area contributed by atoms with Crippen LogP contribution in [0.4, 0.5) is 4.79 Å². The van der Waals surface area contributed by atoms with E-state index in [1.807, 2.05) is 38.1 Å². The van der Waals surface area contributed by atoms with Gasteiger partial charge in [-0.15, -0.1) is 0 Å². The average molecular weight is 479 g/mol. The van der Waals surface area contributed by atoms with Gasteiger partial charge in [-0.3, -0.25) is 9.59 Å². The summed E-state index contributed by atoms with van der Waals surface area (Å²) in [5.41, 5.74) is 1.05. The number of benzene rings is 1. The largest absolute Gasteiger partial charge is 0.469 e. The van der Waals surface area contributed by atoms with Crippen LogP contribution in [0.25, 0.3) is 0 Å². The van der Waals surface area contributed by atoms with E-state index in [-0.39, 0.29) is 24.7 Å². The second kappa shape index (κ2) is 13.6. The fraction of sp³-hybridized carbons (Fsp3) is 0.600. The number of esters is 2. The first-order valence-electron chi connectivity index (χ1n) is 11.4. The van der Waals surface area contributed by atoms with Gasteiger partial charge in [0.1, 0.15) is 17.7 Å². The van der Waals surface area contributed by atoms with Gasteiger partial charge in [0.25, 0.3) is 0 Å². The Morgan fingerprint density at radius 2 is 1.47 bits per heavy atom.